The van der Waals surface area contributed by atoms with Crippen LogP contribution in [0.15, 0.2) is 60.8 Å². The highest BCUT2D eigenvalue weighted by Gasteiger charge is 2.28. The highest BCUT2D eigenvalue weighted by molar-refractivity contribution is 5.94. The summed E-state index contributed by atoms with van der Waals surface area (Å²) in [4.78, 5) is 14.7. The lowest BCUT2D eigenvalue weighted by Crippen LogP contribution is -2.39. The number of carbonyl (C=O) groups excluding carboxylic acids is 1. The van der Waals surface area contributed by atoms with E-state index in [1.165, 1.54) is 16.4 Å². The van der Waals surface area contributed by atoms with Crippen molar-refractivity contribution in [2.75, 3.05) is 20.2 Å². The maximum Gasteiger partial charge on any atom is 0.278 e. The number of ether oxygens (including phenoxy) is 1. The topological polar surface area (TPSA) is 67.6 Å². The van der Waals surface area contributed by atoms with Crippen LogP contribution in [0.2, 0.25) is 0 Å². The van der Waals surface area contributed by atoms with Gasteiger partial charge in [0.05, 0.1) is 19.0 Å². The Kier molecular flexibility index (Phi) is 5.51. The second kappa shape index (κ2) is 8.39. The second-order valence-electron chi connectivity index (χ2n) is 7.39. The fraction of sp³-hybridized carbons (Fsp3) is 0.304. The van der Waals surface area contributed by atoms with Crippen LogP contribution in [0.3, 0.4) is 0 Å². The number of hydrogen-bond acceptors (Lipinski definition) is 4. The summed E-state index contributed by atoms with van der Waals surface area (Å²) in [6.45, 7) is 1.33. The zero-order valence-electron chi connectivity index (χ0n) is 16.5. The largest absolute Gasteiger partial charge is 0.504 e. The average molecular weight is 391 g/mol. The second-order valence-corrected chi connectivity index (χ2v) is 7.39. The smallest absolute Gasteiger partial charge is 0.278 e. The van der Waals surface area contributed by atoms with E-state index in [1.54, 1.807) is 12.0 Å². The van der Waals surface area contributed by atoms with Crippen molar-refractivity contribution in [2.24, 2.45) is 5.92 Å². The Morgan fingerprint density at radius 3 is 2.52 bits per heavy atom. The van der Waals surface area contributed by atoms with Crippen LogP contribution in [-0.4, -0.2) is 45.9 Å². The number of benzene rings is 2. The molecule has 2 heterocycles. The lowest BCUT2D eigenvalue weighted by Gasteiger charge is -2.31. The summed E-state index contributed by atoms with van der Waals surface area (Å²) >= 11 is 0. The number of amides is 1. The molecule has 0 bridgehead atoms. The quantitative estimate of drug-likeness (QED) is 0.720. The van der Waals surface area contributed by atoms with Gasteiger partial charge in [-0.15, -0.1) is 0 Å². The molecule has 1 saturated heterocycles. The molecule has 1 aliphatic heterocycles. The monoisotopic (exact) mass is 391 g/mol. The van der Waals surface area contributed by atoms with E-state index in [-0.39, 0.29) is 17.4 Å². The zero-order chi connectivity index (χ0) is 20.2. The van der Waals surface area contributed by atoms with E-state index in [9.17, 15) is 9.90 Å². The molecule has 0 spiro atoms. The number of carbonyl (C=O) groups is 1. The van der Waals surface area contributed by atoms with Gasteiger partial charge in [0.2, 0.25) is 0 Å². The molecular weight excluding hydrogens is 366 g/mol. The maximum atomic E-state index is 12.9. The number of likely N-dealkylation sites (tertiary alicyclic amines) is 1. The molecule has 1 N–H and O–H groups in total. The predicted octanol–water partition coefficient (Wildman–Crippen LogP) is 3.68. The number of piperidine rings is 1. The Bertz CT molecular complexity index is 976. The number of para-hydroxylation sites is 2. The summed E-state index contributed by atoms with van der Waals surface area (Å²) in [6.07, 6.45) is 4.27. The first kappa shape index (κ1) is 19.1. The number of aromatic nitrogens is 2. The van der Waals surface area contributed by atoms with Crippen LogP contribution in [0, 0.1) is 5.92 Å². The van der Waals surface area contributed by atoms with E-state index in [0.29, 0.717) is 19.0 Å². The first-order valence-corrected chi connectivity index (χ1v) is 9.91. The van der Waals surface area contributed by atoms with Crippen molar-refractivity contribution in [2.45, 2.75) is 19.3 Å². The molecule has 150 valence electrons. The van der Waals surface area contributed by atoms with E-state index in [2.05, 4.69) is 11.2 Å². The summed E-state index contributed by atoms with van der Waals surface area (Å²) in [7, 11) is 1.70. The highest BCUT2D eigenvalue weighted by Crippen LogP contribution is 2.28. The van der Waals surface area contributed by atoms with Gasteiger partial charge in [-0.2, -0.15) is 5.10 Å². The number of rotatable bonds is 5. The van der Waals surface area contributed by atoms with Crippen molar-refractivity contribution < 1.29 is 14.6 Å². The molecule has 3 aromatic rings. The van der Waals surface area contributed by atoms with Gasteiger partial charge >= 0.3 is 0 Å². The summed E-state index contributed by atoms with van der Waals surface area (Å²) in [5.74, 6) is 1.12. The van der Waals surface area contributed by atoms with Gasteiger partial charge in [-0.05, 0) is 48.9 Å². The summed E-state index contributed by atoms with van der Waals surface area (Å²) in [5, 5.41) is 14.6. The molecule has 1 aliphatic rings. The van der Waals surface area contributed by atoms with Crippen LogP contribution in [0.25, 0.3) is 5.69 Å². The Labute approximate surface area is 170 Å². The molecule has 0 radical (unpaired) electrons. The minimum absolute atomic E-state index is 0.0880. The Balaban J connectivity index is 1.40. The van der Waals surface area contributed by atoms with Gasteiger partial charge in [0.1, 0.15) is 5.75 Å². The molecule has 0 atom stereocenters. The van der Waals surface area contributed by atoms with E-state index in [4.69, 9.17) is 4.74 Å². The summed E-state index contributed by atoms with van der Waals surface area (Å²) in [6, 6.07) is 17.5. The van der Waals surface area contributed by atoms with Gasteiger partial charge < -0.3 is 14.7 Å². The van der Waals surface area contributed by atoms with Gasteiger partial charge in [0.15, 0.2) is 11.4 Å². The first-order chi connectivity index (χ1) is 14.2. The molecule has 1 fully saturated rings. The predicted molar refractivity (Wildman–Crippen MR) is 111 cm³/mol. The molecule has 6 nitrogen and oxygen atoms in total. The van der Waals surface area contributed by atoms with Crippen molar-refractivity contribution in [3.05, 3.63) is 72.1 Å². The molecule has 29 heavy (non-hydrogen) atoms. The Hall–Kier alpha value is -3.28. The normalized spacial score (nSPS) is 14.7. The minimum atomic E-state index is -0.215. The number of aromatic hydroxyl groups is 1. The Morgan fingerprint density at radius 1 is 1.10 bits per heavy atom. The molecule has 2 aromatic carbocycles. The van der Waals surface area contributed by atoms with Crippen LogP contribution >= 0.6 is 0 Å². The van der Waals surface area contributed by atoms with Gasteiger partial charge in [-0.25, -0.2) is 4.68 Å². The molecule has 0 saturated carbocycles. The fourth-order valence-electron chi connectivity index (χ4n) is 3.90. The zero-order valence-corrected chi connectivity index (χ0v) is 16.5. The minimum Gasteiger partial charge on any atom is -0.504 e. The molecule has 0 unspecified atom stereocenters. The third-order valence-electron chi connectivity index (χ3n) is 5.52. The van der Waals surface area contributed by atoms with Crippen LogP contribution in [0.4, 0.5) is 0 Å². The number of nitrogens with zero attached hydrogens (tertiary/aromatic N) is 3. The van der Waals surface area contributed by atoms with E-state index < -0.39 is 0 Å². The van der Waals surface area contributed by atoms with Crippen molar-refractivity contribution in [1.29, 1.82) is 0 Å². The van der Waals surface area contributed by atoms with Crippen molar-refractivity contribution >= 4 is 5.91 Å². The highest BCUT2D eigenvalue weighted by atomic mass is 16.5. The Morgan fingerprint density at radius 2 is 1.79 bits per heavy atom. The van der Waals surface area contributed by atoms with Gasteiger partial charge in [0.25, 0.3) is 5.91 Å². The van der Waals surface area contributed by atoms with Crippen LogP contribution in [-0.2, 0) is 6.42 Å². The third-order valence-corrected chi connectivity index (χ3v) is 5.52. The molecule has 1 aromatic heterocycles. The molecule has 1 amide bonds. The van der Waals surface area contributed by atoms with Crippen molar-refractivity contribution in [3.63, 3.8) is 0 Å². The first-order valence-electron chi connectivity index (χ1n) is 9.91. The van der Waals surface area contributed by atoms with Crippen molar-refractivity contribution in [1.82, 2.24) is 14.7 Å². The van der Waals surface area contributed by atoms with E-state index in [0.717, 1.165) is 30.7 Å². The lowest BCUT2D eigenvalue weighted by molar-refractivity contribution is 0.0681. The van der Waals surface area contributed by atoms with Gasteiger partial charge in [-0.1, -0.05) is 36.4 Å². The third kappa shape index (κ3) is 4.11. The van der Waals surface area contributed by atoms with Crippen LogP contribution in [0.5, 0.6) is 11.5 Å². The summed E-state index contributed by atoms with van der Waals surface area (Å²) < 4.78 is 6.99. The number of methoxy groups -OCH3 is 1. The molecule has 4 rings (SSSR count). The molecule has 6 heteroatoms. The SMILES string of the molecule is COc1ccccc1CC1CCN(C(=O)c2nn(-c3ccccc3)cc2O)CC1. The van der Waals surface area contributed by atoms with Crippen LogP contribution in [0.1, 0.15) is 28.9 Å². The number of hydrogen-bond donors (Lipinski definition) is 1. The van der Waals surface area contributed by atoms with Gasteiger partial charge in [-0.3, -0.25) is 4.79 Å². The molecule has 0 aliphatic carbocycles. The summed E-state index contributed by atoms with van der Waals surface area (Å²) in [5.41, 5.74) is 2.12. The van der Waals surface area contributed by atoms with Crippen LogP contribution < -0.4 is 4.74 Å². The van der Waals surface area contributed by atoms with E-state index in [1.807, 2.05) is 48.5 Å². The fourth-order valence-corrected chi connectivity index (χ4v) is 3.90. The standard InChI is InChI=1S/C23H25N3O3/c1-29-21-10-6-5-7-18(21)15-17-11-13-25(14-12-17)23(28)22-20(27)16-26(24-22)19-8-3-2-4-9-19/h2-10,16-17,27H,11-15H2,1H3. The molecular formula is C23H25N3O3. The lowest BCUT2D eigenvalue weighted by atomic mass is 9.89. The average Bonchev–Trinajstić information content (AvgIpc) is 3.16. The van der Waals surface area contributed by atoms with Gasteiger partial charge in [0, 0.05) is 13.1 Å². The van der Waals surface area contributed by atoms with Crippen molar-refractivity contribution in [3.8, 4) is 17.2 Å². The maximum absolute atomic E-state index is 12.9. The van der Waals surface area contributed by atoms with E-state index >= 15 is 0 Å².